The molecule has 1 saturated heterocycles. The number of hydrogen-bond acceptors (Lipinski definition) is 5. The van der Waals surface area contributed by atoms with Gasteiger partial charge in [-0.2, -0.15) is 5.10 Å². The minimum atomic E-state index is -3.46. The van der Waals surface area contributed by atoms with Gasteiger partial charge in [0.2, 0.25) is 10.0 Å². The SMILES string of the molecule is CCN1CCC(CNS(=O)(=O)c2cnn(CCN)c2)C1. The highest BCUT2D eigenvalue weighted by Gasteiger charge is 2.24. The number of rotatable bonds is 7. The summed E-state index contributed by atoms with van der Waals surface area (Å²) in [5.74, 6) is 0.392. The smallest absolute Gasteiger partial charge is 0.243 e. The Balaban J connectivity index is 1.90. The van der Waals surface area contributed by atoms with Crippen molar-refractivity contribution in [3.63, 3.8) is 0 Å². The Bertz CT molecular complexity index is 528. The van der Waals surface area contributed by atoms with E-state index in [2.05, 4.69) is 21.6 Å². The monoisotopic (exact) mass is 301 g/mol. The lowest BCUT2D eigenvalue weighted by molar-refractivity contribution is 0.342. The highest BCUT2D eigenvalue weighted by atomic mass is 32.2. The zero-order valence-electron chi connectivity index (χ0n) is 11.8. The van der Waals surface area contributed by atoms with Crippen LogP contribution in [0.2, 0.25) is 0 Å². The molecule has 3 N–H and O–H groups in total. The Morgan fingerprint density at radius 3 is 3.00 bits per heavy atom. The zero-order chi connectivity index (χ0) is 14.6. The van der Waals surface area contributed by atoms with E-state index >= 15 is 0 Å². The van der Waals surface area contributed by atoms with Crippen LogP contribution < -0.4 is 10.5 Å². The summed E-state index contributed by atoms with van der Waals surface area (Å²) in [4.78, 5) is 2.54. The lowest BCUT2D eigenvalue weighted by Gasteiger charge is -2.13. The van der Waals surface area contributed by atoms with Crippen molar-refractivity contribution in [3.8, 4) is 0 Å². The maximum atomic E-state index is 12.1. The summed E-state index contributed by atoms with van der Waals surface area (Å²) < 4.78 is 28.5. The van der Waals surface area contributed by atoms with Gasteiger partial charge >= 0.3 is 0 Å². The van der Waals surface area contributed by atoms with Gasteiger partial charge in [0.05, 0.1) is 12.7 Å². The summed E-state index contributed by atoms with van der Waals surface area (Å²) in [6, 6.07) is 0. The molecule has 2 heterocycles. The van der Waals surface area contributed by atoms with E-state index in [-0.39, 0.29) is 4.90 Å². The first kappa shape index (κ1) is 15.4. The molecule has 0 amide bonds. The summed E-state index contributed by atoms with van der Waals surface area (Å²) in [5.41, 5.74) is 5.42. The van der Waals surface area contributed by atoms with Gasteiger partial charge in [-0.05, 0) is 25.4 Å². The third-order valence-electron chi connectivity index (χ3n) is 3.66. The zero-order valence-corrected chi connectivity index (χ0v) is 12.6. The standard InChI is InChI=1S/C12H23N5O2S/c1-2-16-5-3-11(9-16)7-15-20(18,19)12-8-14-17(10-12)6-4-13/h8,10-11,15H,2-7,9,13H2,1H3. The highest BCUT2D eigenvalue weighted by molar-refractivity contribution is 7.89. The fourth-order valence-corrected chi connectivity index (χ4v) is 3.48. The number of aromatic nitrogens is 2. The third kappa shape index (κ3) is 3.78. The largest absolute Gasteiger partial charge is 0.329 e. The number of nitrogens with zero attached hydrogens (tertiary/aromatic N) is 3. The second-order valence-corrected chi connectivity index (χ2v) is 6.89. The second kappa shape index (κ2) is 6.66. The van der Waals surface area contributed by atoms with Gasteiger partial charge in [-0.15, -0.1) is 0 Å². The summed E-state index contributed by atoms with van der Waals surface area (Å²) in [7, 11) is -3.46. The van der Waals surface area contributed by atoms with E-state index in [0.29, 0.717) is 25.6 Å². The predicted molar refractivity (Wildman–Crippen MR) is 76.7 cm³/mol. The Kier molecular flexibility index (Phi) is 5.14. The van der Waals surface area contributed by atoms with E-state index in [9.17, 15) is 8.42 Å². The molecule has 1 unspecified atom stereocenters. The Labute approximate surface area is 120 Å². The summed E-state index contributed by atoms with van der Waals surface area (Å²) in [6.07, 6.45) is 3.93. The minimum Gasteiger partial charge on any atom is -0.329 e. The van der Waals surface area contributed by atoms with E-state index < -0.39 is 10.0 Å². The van der Waals surface area contributed by atoms with Crippen molar-refractivity contribution in [2.45, 2.75) is 24.8 Å². The molecular formula is C12H23N5O2S. The maximum Gasteiger partial charge on any atom is 0.243 e. The minimum absolute atomic E-state index is 0.205. The number of likely N-dealkylation sites (tertiary alicyclic amines) is 1. The molecule has 1 aromatic rings. The van der Waals surface area contributed by atoms with Gasteiger partial charge in [0.15, 0.2) is 0 Å². The molecule has 0 radical (unpaired) electrons. The second-order valence-electron chi connectivity index (χ2n) is 5.13. The van der Waals surface area contributed by atoms with Crippen LogP contribution in [0, 0.1) is 5.92 Å². The fraction of sp³-hybridized carbons (Fsp3) is 0.750. The molecule has 7 nitrogen and oxygen atoms in total. The van der Waals surface area contributed by atoms with Crippen LogP contribution in [-0.4, -0.2) is 55.8 Å². The van der Waals surface area contributed by atoms with Gasteiger partial charge in [-0.1, -0.05) is 6.92 Å². The molecule has 114 valence electrons. The molecule has 1 fully saturated rings. The van der Waals surface area contributed by atoms with Crippen LogP contribution in [0.25, 0.3) is 0 Å². The first-order valence-electron chi connectivity index (χ1n) is 6.99. The molecule has 0 saturated carbocycles. The van der Waals surface area contributed by atoms with Crippen LogP contribution in [0.4, 0.5) is 0 Å². The number of hydrogen-bond donors (Lipinski definition) is 2. The average molecular weight is 301 g/mol. The highest BCUT2D eigenvalue weighted by Crippen LogP contribution is 2.16. The van der Waals surface area contributed by atoms with E-state index in [1.807, 2.05) is 0 Å². The van der Waals surface area contributed by atoms with Crippen LogP contribution in [0.1, 0.15) is 13.3 Å². The molecule has 0 aliphatic carbocycles. The van der Waals surface area contributed by atoms with Gasteiger partial charge in [0.25, 0.3) is 0 Å². The van der Waals surface area contributed by atoms with Crippen molar-refractivity contribution in [2.24, 2.45) is 11.7 Å². The number of nitrogens with one attached hydrogen (secondary N) is 1. The van der Waals surface area contributed by atoms with Gasteiger partial charge < -0.3 is 10.6 Å². The molecule has 1 aliphatic heterocycles. The number of nitrogens with two attached hydrogens (primary N) is 1. The van der Waals surface area contributed by atoms with Crippen LogP contribution >= 0.6 is 0 Å². The van der Waals surface area contributed by atoms with Gasteiger partial charge in [0, 0.05) is 25.8 Å². The van der Waals surface area contributed by atoms with Crippen molar-refractivity contribution in [3.05, 3.63) is 12.4 Å². The normalized spacial score (nSPS) is 20.6. The molecule has 0 bridgehead atoms. The molecule has 1 aliphatic rings. The van der Waals surface area contributed by atoms with E-state index in [4.69, 9.17) is 5.73 Å². The quantitative estimate of drug-likeness (QED) is 0.705. The lowest BCUT2D eigenvalue weighted by Crippen LogP contribution is -2.31. The van der Waals surface area contributed by atoms with E-state index in [1.54, 1.807) is 4.68 Å². The molecule has 1 aromatic heterocycles. The van der Waals surface area contributed by atoms with Crippen molar-refractivity contribution < 1.29 is 8.42 Å². The molecule has 8 heteroatoms. The molecule has 1 atom stereocenters. The third-order valence-corrected chi connectivity index (χ3v) is 5.04. The predicted octanol–water partition coefficient (Wildman–Crippen LogP) is -0.538. The van der Waals surface area contributed by atoms with Gasteiger partial charge in [0.1, 0.15) is 4.90 Å². The van der Waals surface area contributed by atoms with Crippen LogP contribution in [0.15, 0.2) is 17.3 Å². The molecule has 2 rings (SSSR count). The first-order chi connectivity index (χ1) is 9.55. The number of sulfonamides is 1. The van der Waals surface area contributed by atoms with Crippen molar-refractivity contribution in [2.75, 3.05) is 32.7 Å². The van der Waals surface area contributed by atoms with Crippen LogP contribution in [-0.2, 0) is 16.6 Å². The molecular weight excluding hydrogens is 278 g/mol. The molecule has 20 heavy (non-hydrogen) atoms. The fourth-order valence-electron chi connectivity index (χ4n) is 2.42. The maximum absolute atomic E-state index is 12.1. The molecule has 0 spiro atoms. The van der Waals surface area contributed by atoms with E-state index in [0.717, 1.165) is 26.1 Å². The van der Waals surface area contributed by atoms with Crippen molar-refractivity contribution >= 4 is 10.0 Å². The average Bonchev–Trinajstić information content (AvgIpc) is 3.06. The van der Waals surface area contributed by atoms with Gasteiger partial charge in [-0.3, -0.25) is 4.68 Å². The Hall–Kier alpha value is -0.960. The summed E-state index contributed by atoms with van der Waals surface area (Å²) in [6.45, 7) is 6.60. The van der Waals surface area contributed by atoms with Gasteiger partial charge in [-0.25, -0.2) is 13.1 Å². The Morgan fingerprint density at radius 2 is 2.35 bits per heavy atom. The topological polar surface area (TPSA) is 93.2 Å². The lowest BCUT2D eigenvalue weighted by atomic mass is 10.1. The van der Waals surface area contributed by atoms with Crippen LogP contribution in [0.5, 0.6) is 0 Å². The summed E-state index contributed by atoms with van der Waals surface area (Å²) in [5, 5.41) is 3.99. The van der Waals surface area contributed by atoms with Crippen molar-refractivity contribution in [1.29, 1.82) is 0 Å². The molecule has 0 aromatic carbocycles. The van der Waals surface area contributed by atoms with E-state index in [1.165, 1.54) is 12.4 Å². The Morgan fingerprint density at radius 1 is 1.55 bits per heavy atom. The summed E-state index contributed by atoms with van der Waals surface area (Å²) >= 11 is 0. The first-order valence-corrected chi connectivity index (χ1v) is 8.48. The van der Waals surface area contributed by atoms with Crippen LogP contribution in [0.3, 0.4) is 0 Å². The van der Waals surface area contributed by atoms with Crippen molar-refractivity contribution in [1.82, 2.24) is 19.4 Å².